The summed E-state index contributed by atoms with van der Waals surface area (Å²) in [7, 11) is -3.44. The van der Waals surface area contributed by atoms with E-state index < -0.39 is 10.0 Å². The smallest absolute Gasteiger partial charge is 0.257 e. The Morgan fingerprint density at radius 1 is 1.60 bits per heavy atom. The van der Waals surface area contributed by atoms with Gasteiger partial charge in [0, 0.05) is 12.6 Å². The third-order valence-electron chi connectivity index (χ3n) is 1.89. The Kier molecular flexibility index (Phi) is 4.25. The summed E-state index contributed by atoms with van der Waals surface area (Å²) in [6.45, 7) is 5.06. The summed E-state index contributed by atoms with van der Waals surface area (Å²) in [5.41, 5.74) is 0. The van der Waals surface area contributed by atoms with Gasteiger partial charge in [0.15, 0.2) is 5.03 Å². The van der Waals surface area contributed by atoms with Crippen molar-refractivity contribution in [2.24, 2.45) is 0 Å². The predicted octanol–water partition coefficient (Wildman–Crippen LogP) is -0.314. The van der Waals surface area contributed by atoms with Crippen molar-refractivity contribution in [2.75, 3.05) is 13.1 Å². The number of nitrogens with zero attached hydrogens (tertiary/aromatic N) is 1. The van der Waals surface area contributed by atoms with Gasteiger partial charge in [-0.15, -0.1) is 0 Å². The molecule has 0 saturated carbocycles. The first-order chi connectivity index (χ1) is 7.06. The zero-order valence-electron chi connectivity index (χ0n) is 8.82. The Bertz CT molecular complexity index is 373. The molecule has 0 radical (unpaired) electrons. The van der Waals surface area contributed by atoms with Crippen LogP contribution in [0.2, 0.25) is 0 Å². The summed E-state index contributed by atoms with van der Waals surface area (Å²) >= 11 is 0. The number of hydrogen-bond acceptors (Lipinski definition) is 4. The number of sulfonamides is 1. The normalized spacial score (nSPS) is 14.0. The molecule has 0 saturated heterocycles. The number of hydrogen-bond donors (Lipinski definition) is 3. The van der Waals surface area contributed by atoms with Crippen LogP contribution in [0, 0.1) is 0 Å². The molecule has 7 heteroatoms. The Hall–Kier alpha value is -0.920. The van der Waals surface area contributed by atoms with Crippen molar-refractivity contribution in [1.29, 1.82) is 0 Å². The molecule has 15 heavy (non-hydrogen) atoms. The van der Waals surface area contributed by atoms with Gasteiger partial charge in [-0.05, 0) is 13.5 Å². The van der Waals surface area contributed by atoms with Crippen molar-refractivity contribution >= 4 is 10.0 Å². The maximum Gasteiger partial charge on any atom is 0.257 e. The van der Waals surface area contributed by atoms with Crippen LogP contribution in [-0.4, -0.2) is 37.5 Å². The molecule has 0 fully saturated rings. The van der Waals surface area contributed by atoms with Crippen molar-refractivity contribution in [2.45, 2.75) is 24.9 Å². The second kappa shape index (κ2) is 5.24. The lowest BCUT2D eigenvalue weighted by atomic mass is 10.3. The number of nitrogens with one attached hydrogen (secondary N) is 3. The van der Waals surface area contributed by atoms with Crippen molar-refractivity contribution in [3.05, 3.63) is 12.5 Å². The predicted molar refractivity (Wildman–Crippen MR) is 56.9 cm³/mol. The fraction of sp³-hybridized carbons (Fsp3) is 0.625. The number of rotatable bonds is 6. The summed E-state index contributed by atoms with van der Waals surface area (Å²) < 4.78 is 25.7. The third-order valence-corrected chi connectivity index (χ3v) is 3.24. The molecular formula is C8H16N4O2S. The zero-order chi connectivity index (χ0) is 11.3. The minimum absolute atomic E-state index is 0.0891. The van der Waals surface area contributed by atoms with E-state index in [1.807, 2.05) is 13.8 Å². The van der Waals surface area contributed by atoms with Crippen LogP contribution in [0.25, 0.3) is 0 Å². The molecule has 1 heterocycles. The first kappa shape index (κ1) is 12.2. The quantitative estimate of drug-likeness (QED) is 0.627. The first-order valence-corrected chi connectivity index (χ1v) is 6.26. The number of H-pyrrole nitrogens is 1. The molecule has 86 valence electrons. The summed E-state index contributed by atoms with van der Waals surface area (Å²) in [6.07, 6.45) is 2.61. The highest BCUT2D eigenvalue weighted by molar-refractivity contribution is 7.89. The molecule has 6 nitrogen and oxygen atoms in total. The van der Waals surface area contributed by atoms with Gasteiger partial charge >= 0.3 is 0 Å². The van der Waals surface area contributed by atoms with Crippen LogP contribution in [0.4, 0.5) is 0 Å². The van der Waals surface area contributed by atoms with E-state index in [9.17, 15) is 8.42 Å². The van der Waals surface area contributed by atoms with Gasteiger partial charge in [0.05, 0.1) is 12.5 Å². The van der Waals surface area contributed by atoms with E-state index >= 15 is 0 Å². The molecule has 0 spiro atoms. The van der Waals surface area contributed by atoms with Crippen molar-refractivity contribution in [1.82, 2.24) is 20.0 Å². The van der Waals surface area contributed by atoms with E-state index in [0.717, 1.165) is 6.54 Å². The van der Waals surface area contributed by atoms with Gasteiger partial charge < -0.3 is 10.3 Å². The van der Waals surface area contributed by atoms with Crippen LogP contribution in [0.5, 0.6) is 0 Å². The van der Waals surface area contributed by atoms with E-state index in [2.05, 4.69) is 20.0 Å². The minimum Gasteiger partial charge on any atom is -0.335 e. The molecule has 0 aliphatic carbocycles. The summed E-state index contributed by atoms with van der Waals surface area (Å²) in [5.74, 6) is 0. The second-order valence-corrected chi connectivity index (χ2v) is 4.96. The van der Waals surface area contributed by atoms with E-state index in [1.54, 1.807) is 0 Å². The average Bonchev–Trinajstić information content (AvgIpc) is 2.69. The Morgan fingerprint density at radius 2 is 2.33 bits per heavy atom. The average molecular weight is 232 g/mol. The van der Waals surface area contributed by atoms with Gasteiger partial charge in [0.1, 0.15) is 0 Å². The van der Waals surface area contributed by atoms with Crippen LogP contribution >= 0.6 is 0 Å². The van der Waals surface area contributed by atoms with Crippen LogP contribution in [0.15, 0.2) is 17.6 Å². The van der Waals surface area contributed by atoms with E-state index in [0.29, 0.717) is 6.54 Å². The molecule has 0 aliphatic rings. The molecule has 3 N–H and O–H groups in total. The summed E-state index contributed by atoms with van der Waals surface area (Å²) in [5, 5.41) is 3.20. The molecule has 0 unspecified atom stereocenters. The van der Waals surface area contributed by atoms with Crippen molar-refractivity contribution in [3.8, 4) is 0 Å². The second-order valence-electron chi connectivity index (χ2n) is 3.23. The Morgan fingerprint density at radius 3 is 2.87 bits per heavy atom. The van der Waals surface area contributed by atoms with Gasteiger partial charge in [0.2, 0.25) is 0 Å². The number of imidazole rings is 1. The Balaban J connectivity index is 2.52. The molecule has 0 aliphatic heterocycles. The molecule has 1 rings (SSSR count). The molecule has 1 atom stereocenters. The first-order valence-electron chi connectivity index (χ1n) is 4.77. The van der Waals surface area contributed by atoms with Crippen molar-refractivity contribution in [3.63, 3.8) is 0 Å². The van der Waals surface area contributed by atoms with Gasteiger partial charge in [-0.25, -0.2) is 18.1 Å². The van der Waals surface area contributed by atoms with Gasteiger partial charge in [-0.1, -0.05) is 6.92 Å². The highest BCUT2D eigenvalue weighted by atomic mass is 32.2. The lowest BCUT2D eigenvalue weighted by Crippen LogP contribution is -2.38. The maximum absolute atomic E-state index is 11.6. The molecule has 0 bridgehead atoms. The number of aromatic amines is 1. The minimum atomic E-state index is -3.44. The van der Waals surface area contributed by atoms with Crippen LogP contribution in [0.3, 0.4) is 0 Å². The van der Waals surface area contributed by atoms with Gasteiger partial charge in [-0.2, -0.15) is 0 Å². The molecular weight excluding hydrogens is 216 g/mol. The zero-order valence-corrected chi connectivity index (χ0v) is 9.63. The van der Waals surface area contributed by atoms with Gasteiger partial charge in [-0.3, -0.25) is 0 Å². The van der Waals surface area contributed by atoms with Crippen molar-refractivity contribution < 1.29 is 8.42 Å². The fourth-order valence-electron chi connectivity index (χ4n) is 1.12. The molecule has 1 aromatic heterocycles. The molecule has 0 aromatic carbocycles. The van der Waals surface area contributed by atoms with E-state index in [4.69, 9.17) is 0 Å². The summed E-state index contributed by atoms with van der Waals surface area (Å²) in [6, 6.07) is 0.104. The summed E-state index contributed by atoms with van der Waals surface area (Å²) in [4.78, 5) is 6.21. The maximum atomic E-state index is 11.6. The van der Waals surface area contributed by atoms with Crippen LogP contribution in [-0.2, 0) is 10.0 Å². The topological polar surface area (TPSA) is 86.9 Å². The lowest BCUT2D eigenvalue weighted by molar-refractivity contribution is 0.534. The SMILES string of the molecule is CCN[C@H](C)CNS(=O)(=O)c1cnc[nH]1. The molecule has 1 aromatic rings. The Labute approximate surface area is 89.5 Å². The fourth-order valence-corrected chi connectivity index (χ4v) is 2.16. The number of likely N-dealkylation sites (N-methyl/N-ethyl adjacent to an activating group) is 1. The van der Waals surface area contributed by atoms with E-state index in [-0.39, 0.29) is 11.1 Å². The highest BCUT2D eigenvalue weighted by Gasteiger charge is 2.15. The van der Waals surface area contributed by atoms with Gasteiger partial charge in [0.25, 0.3) is 10.0 Å². The third kappa shape index (κ3) is 3.61. The standard InChI is InChI=1S/C8H16N4O2S/c1-3-10-7(2)4-12-15(13,14)8-5-9-6-11-8/h5-7,10,12H,3-4H2,1-2H3,(H,9,11)/t7-/m1/s1. The molecule has 0 amide bonds. The monoisotopic (exact) mass is 232 g/mol. The lowest BCUT2D eigenvalue weighted by Gasteiger charge is -2.12. The van der Waals surface area contributed by atoms with E-state index in [1.165, 1.54) is 12.5 Å². The highest BCUT2D eigenvalue weighted by Crippen LogP contribution is 2.01. The number of aromatic nitrogens is 2. The largest absolute Gasteiger partial charge is 0.335 e. The van der Waals surface area contributed by atoms with Crippen LogP contribution < -0.4 is 10.0 Å². The van der Waals surface area contributed by atoms with Crippen LogP contribution in [0.1, 0.15) is 13.8 Å².